The molecule has 0 aliphatic heterocycles. The summed E-state index contributed by atoms with van der Waals surface area (Å²) in [7, 11) is 0. The van der Waals surface area contributed by atoms with Gasteiger partial charge in [-0.25, -0.2) is 9.97 Å². The standard InChI is InChI=1S/C11H13N3/c1-2-3-10-4-5-11(13-8-10)14-7-6-12-9-14/h4-9H,2-3H2,1H3. The van der Waals surface area contributed by atoms with Gasteiger partial charge >= 0.3 is 0 Å². The zero-order valence-electron chi connectivity index (χ0n) is 8.22. The van der Waals surface area contributed by atoms with Crippen LogP contribution in [0.25, 0.3) is 5.82 Å². The van der Waals surface area contributed by atoms with E-state index in [1.165, 1.54) is 5.56 Å². The van der Waals surface area contributed by atoms with E-state index in [0.29, 0.717) is 0 Å². The Kier molecular flexibility index (Phi) is 2.58. The number of rotatable bonds is 3. The largest absolute Gasteiger partial charge is 0.291 e. The van der Waals surface area contributed by atoms with Gasteiger partial charge in [-0.1, -0.05) is 19.4 Å². The number of aromatic nitrogens is 3. The van der Waals surface area contributed by atoms with Gasteiger partial charge in [0.2, 0.25) is 0 Å². The highest BCUT2D eigenvalue weighted by Crippen LogP contribution is 2.06. The van der Waals surface area contributed by atoms with Crippen molar-refractivity contribution in [1.29, 1.82) is 0 Å². The molecule has 0 N–H and O–H groups in total. The Balaban J connectivity index is 2.22. The molecule has 0 aliphatic rings. The first kappa shape index (κ1) is 8.94. The van der Waals surface area contributed by atoms with Crippen LogP contribution in [0.15, 0.2) is 37.1 Å². The fourth-order valence-electron chi connectivity index (χ4n) is 1.40. The topological polar surface area (TPSA) is 30.7 Å². The van der Waals surface area contributed by atoms with Gasteiger partial charge in [-0.15, -0.1) is 0 Å². The SMILES string of the molecule is CCCc1ccc(-n2ccnc2)nc1. The molecule has 0 fully saturated rings. The van der Waals surface area contributed by atoms with Crippen molar-refractivity contribution < 1.29 is 0 Å². The van der Waals surface area contributed by atoms with E-state index in [9.17, 15) is 0 Å². The maximum Gasteiger partial charge on any atom is 0.137 e. The van der Waals surface area contributed by atoms with Crippen LogP contribution in [0, 0.1) is 0 Å². The normalized spacial score (nSPS) is 10.4. The summed E-state index contributed by atoms with van der Waals surface area (Å²) in [6.45, 7) is 2.17. The van der Waals surface area contributed by atoms with Gasteiger partial charge < -0.3 is 0 Å². The average molecular weight is 187 g/mol. The van der Waals surface area contributed by atoms with Crippen LogP contribution < -0.4 is 0 Å². The minimum absolute atomic E-state index is 0.919. The van der Waals surface area contributed by atoms with Crippen molar-refractivity contribution in [3.63, 3.8) is 0 Å². The molecular weight excluding hydrogens is 174 g/mol. The number of aryl methyl sites for hydroxylation is 1. The van der Waals surface area contributed by atoms with Crippen molar-refractivity contribution in [2.45, 2.75) is 19.8 Å². The predicted octanol–water partition coefficient (Wildman–Crippen LogP) is 2.22. The Bertz CT molecular complexity index is 375. The molecule has 0 spiro atoms. The molecule has 2 heterocycles. The van der Waals surface area contributed by atoms with Crippen molar-refractivity contribution in [2.75, 3.05) is 0 Å². The highest BCUT2D eigenvalue weighted by atomic mass is 15.1. The molecule has 2 aromatic rings. The summed E-state index contributed by atoms with van der Waals surface area (Å²) >= 11 is 0. The molecule has 0 bridgehead atoms. The molecule has 72 valence electrons. The molecule has 2 rings (SSSR count). The van der Waals surface area contributed by atoms with E-state index in [0.717, 1.165) is 18.7 Å². The van der Waals surface area contributed by atoms with E-state index in [4.69, 9.17) is 0 Å². The van der Waals surface area contributed by atoms with Crippen LogP contribution in [0.5, 0.6) is 0 Å². The zero-order valence-corrected chi connectivity index (χ0v) is 8.22. The molecule has 0 saturated carbocycles. The lowest BCUT2D eigenvalue weighted by Crippen LogP contribution is -1.94. The molecule has 3 heteroatoms. The number of nitrogens with zero attached hydrogens (tertiary/aromatic N) is 3. The molecule has 14 heavy (non-hydrogen) atoms. The lowest BCUT2D eigenvalue weighted by atomic mass is 10.2. The van der Waals surface area contributed by atoms with Crippen LogP contribution in [-0.2, 0) is 6.42 Å². The van der Waals surface area contributed by atoms with Gasteiger partial charge in [0.15, 0.2) is 0 Å². The highest BCUT2D eigenvalue weighted by molar-refractivity contribution is 5.25. The fraction of sp³-hybridized carbons (Fsp3) is 0.273. The number of hydrogen-bond donors (Lipinski definition) is 0. The second kappa shape index (κ2) is 4.05. The predicted molar refractivity (Wildman–Crippen MR) is 55.4 cm³/mol. The molecular formula is C11H13N3. The van der Waals surface area contributed by atoms with E-state index >= 15 is 0 Å². The summed E-state index contributed by atoms with van der Waals surface area (Å²) in [5, 5.41) is 0. The smallest absolute Gasteiger partial charge is 0.137 e. The summed E-state index contributed by atoms with van der Waals surface area (Å²) in [5.41, 5.74) is 1.29. The first-order chi connectivity index (χ1) is 6.90. The summed E-state index contributed by atoms with van der Waals surface area (Å²) in [5.74, 6) is 0.919. The third kappa shape index (κ3) is 1.82. The monoisotopic (exact) mass is 187 g/mol. The quantitative estimate of drug-likeness (QED) is 0.737. The van der Waals surface area contributed by atoms with Crippen molar-refractivity contribution in [3.8, 4) is 5.82 Å². The molecule has 0 aromatic carbocycles. The Morgan fingerprint density at radius 2 is 2.29 bits per heavy atom. The zero-order chi connectivity index (χ0) is 9.80. The summed E-state index contributed by atoms with van der Waals surface area (Å²) < 4.78 is 1.90. The summed E-state index contributed by atoms with van der Waals surface area (Å²) in [6, 6.07) is 4.14. The Morgan fingerprint density at radius 3 is 2.86 bits per heavy atom. The minimum atomic E-state index is 0.919. The van der Waals surface area contributed by atoms with E-state index in [1.54, 1.807) is 12.5 Å². The maximum atomic E-state index is 4.36. The van der Waals surface area contributed by atoms with Crippen LogP contribution in [0.3, 0.4) is 0 Å². The van der Waals surface area contributed by atoms with Gasteiger partial charge in [-0.05, 0) is 18.1 Å². The van der Waals surface area contributed by atoms with Gasteiger partial charge in [-0.2, -0.15) is 0 Å². The molecule has 0 amide bonds. The van der Waals surface area contributed by atoms with Crippen molar-refractivity contribution in [2.24, 2.45) is 0 Å². The van der Waals surface area contributed by atoms with E-state index in [2.05, 4.69) is 23.0 Å². The van der Waals surface area contributed by atoms with E-state index in [1.807, 2.05) is 23.0 Å². The Morgan fingerprint density at radius 1 is 1.36 bits per heavy atom. The lowest BCUT2D eigenvalue weighted by Gasteiger charge is -2.02. The molecule has 0 atom stereocenters. The minimum Gasteiger partial charge on any atom is -0.291 e. The highest BCUT2D eigenvalue weighted by Gasteiger charge is 1.96. The van der Waals surface area contributed by atoms with E-state index < -0.39 is 0 Å². The molecule has 2 aromatic heterocycles. The first-order valence-corrected chi connectivity index (χ1v) is 4.83. The molecule has 0 saturated heterocycles. The number of pyridine rings is 1. The van der Waals surface area contributed by atoms with Gasteiger partial charge in [0, 0.05) is 18.6 Å². The van der Waals surface area contributed by atoms with Crippen LogP contribution in [0.2, 0.25) is 0 Å². The fourth-order valence-corrected chi connectivity index (χ4v) is 1.40. The third-order valence-corrected chi connectivity index (χ3v) is 2.12. The number of imidazole rings is 1. The van der Waals surface area contributed by atoms with Crippen LogP contribution in [0.1, 0.15) is 18.9 Å². The van der Waals surface area contributed by atoms with Crippen LogP contribution in [-0.4, -0.2) is 14.5 Å². The first-order valence-electron chi connectivity index (χ1n) is 4.83. The maximum absolute atomic E-state index is 4.36. The van der Waals surface area contributed by atoms with Crippen molar-refractivity contribution in [1.82, 2.24) is 14.5 Å². The van der Waals surface area contributed by atoms with Crippen molar-refractivity contribution in [3.05, 3.63) is 42.6 Å². The van der Waals surface area contributed by atoms with Gasteiger partial charge in [0.25, 0.3) is 0 Å². The Labute approximate surface area is 83.4 Å². The van der Waals surface area contributed by atoms with Gasteiger partial charge in [0.1, 0.15) is 12.1 Å². The molecule has 0 aliphatic carbocycles. The molecule has 0 radical (unpaired) electrons. The molecule has 3 nitrogen and oxygen atoms in total. The average Bonchev–Trinajstić information content (AvgIpc) is 2.72. The summed E-state index contributed by atoms with van der Waals surface area (Å²) in [6.07, 6.45) is 9.58. The van der Waals surface area contributed by atoms with Gasteiger partial charge in [-0.3, -0.25) is 4.57 Å². The summed E-state index contributed by atoms with van der Waals surface area (Å²) in [4.78, 5) is 8.34. The molecule has 0 unspecified atom stereocenters. The lowest BCUT2D eigenvalue weighted by molar-refractivity contribution is 0.903. The Hall–Kier alpha value is -1.64. The second-order valence-electron chi connectivity index (χ2n) is 3.24. The number of hydrogen-bond acceptors (Lipinski definition) is 2. The van der Waals surface area contributed by atoms with E-state index in [-0.39, 0.29) is 0 Å². The van der Waals surface area contributed by atoms with Crippen molar-refractivity contribution >= 4 is 0 Å². The third-order valence-electron chi connectivity index (χ3n) is 2.12. The second-order valence-corrected chi connectivity index (χ2v) is 3.24. The van der Waals surface area contributed by atoms with Gasteiger partial charge in [0.05, 0.1) is 0 Å². The van der Waals surface area contributed by atoms with Crippen LogP contribution >= 0.6 is 0 Å². The van der Waals surface area contributed by atoms with Crippen LogP contribution in [0.4, 0.5) is 0 Å².